The Morgan fingerprint density at radius 1 is 0.938 bits per heavy atom. The van der Waals surface area contributed by atoms with Crippen LogP contribution in [-0.4, -0.2) is 35.4 Å². The molecule has 1 heterocycles. The molecule has 0 saturated heterocycles. The lowest BCUT2D eigenvalue weighted by molar-refractivity contribution is -0.122. The lowest BCUT2D eigenvalue weighted by atomic mass is 10.0. The standard InChI is InChI=1S/C25H28N4O3/c26-13-6-5-12-20(27)24(31)28-14-7-15-29-22-17-9-2-3-10-18(17)23(30)21(22)16-8-1-4-11-19(16)25(29)32/h1-4,8-11,20H,5-7,12-15,26-27H2,(H,28,31)/t20-/m0/s1. The lowest BCUT2D eigenvalue weighted by Crippen LogP contribution is -2.41. The van der Waals surface area contributed by atoms with Crippen LogP contribution in [0.15, 0.2) is 53.3 Å². The minimum absolute atomic E-state index is 0.0581. The van der Waals surface area contributed by atoms with Crippen molar-refractivity contribution in [2.45, 2.75) is 38.3 Å². The summed E-state index contributed by atoms with van der Waals surface area (Å²) >= 11 is 0. The van der Waals surface area contributed by atoms with E-state index in [4.69, 9.17) is 11.5 Å². The Labute approximate surface area is 186 Å². The number of hydrogen-bond acceptors (Lipinski definition) is 5. The van der Waals surface area contributed by atoms with Gasteiger partial charge in [-0.3, -0.25) is 14.4 Å². The van der Waals surface area contributed by atoms with Crippen LogP contribution in [0.4, 0.5) is 0 Å². The topological polar surface area (TPSA) is 120 Å². The maximum absolute atomic E-state index is 13.3. The molecular formula is C25H28N4O3. The van der Waals surface area contributed by atoms with Crippen LogP contribution in [-0.2, 0) is 11.3 Å². The van der Waals surface area contributed by atoms with Crippen LogP contribution in [0.2, 0.25) is 0 Å². The van der Waals surface area contributed by atoms with Crippen molar-refractivity contribution in [2.24, 2.45) is 11.5 Å². The van der Waals surface area contributed by atoms with Gasteiger partial charge in [0, 0.05) is 35.0 Å². The molecule has 7 heteroatoms. The number of unbranched alkanes of at least 4 members (excludes halogenated alkanes) is 1. The second-order valence-electron chi connectivity index (χ2n) is 8.14. The van der Waals surface area contributed by atoms with Gasteiger partial charge in [0.05, 0.1) is 17.3 Å². The molecule has 2 aromatic carbocycles. The predicted molar refractivity (Wildman–Crippen MR) is 126 cm³/mol. The first kappa shape index (κ1) is 21.9. The van der Waals surface area contributed by atoms with Crippen molar-refractivity contribution in [2.75, 3.05) is 13.1 Å². The van der Waals surface area contributed by atoms with E-state index in [-0.39, 0.29) is 17.2 Å². The smallest absolute Gasteiger partial charge is 0.258 e. The van der Waals surface area contributed by atoms with Crippen molar-refractivity contribution in [3.63, 3.8) is 0 Å². The van der Waals surface area contributed by atoms with Gasteiger partial charge in [0.25, 0.3) is 5.56 Å². The Morgan fingerprint density at radius 3 is 2.38 bits per heavy atom. The molecule has 0 fully saturated rings. The second-order valence-corrected chi connectivity index (χ2v) is 8.14. The van der Waals surface area contributed by atoms with Crippen molar-refractivity contribution in [3.05, 3.63) is 70.0 Å². The van der Waals surface area contributed by atoms with Gasteiger partial charge in [0.1, 0.15) is 0 Å². The third-order valence-electron chi connectivity index (χ3n) is 6.00. The van der Waals surface area contributed by atoms with E-state index in [1.807, 2.05) is 30.3 Å². The minimum Gasteiger partial charge on any atom is -0.355 e. The van der Waals surface area contributed by atoms with Crippen LogP contribution < -0.4 is 22.3 Å². The third kappa shape index (κ3) is 3.97. The fourth-order valence-corrected chi connectivity index (χ4v) is 4.36. The molecule has 1 amide bonds. The van der Waals surface area contributed by atoms with Crippen LogP contribution >= 0.6 is 0 Å². The van der Waals surface area contributed by atoms with Gasteiger partial charge in [-0.15, -0.1) is 0 Å². The average Bonchev–Trinajstić information content (AvgIpc) is 3.11. The number of amides is 1. The van der Waals surface area contributed by atoms with Crippen LogP contribution in [0.5, 0.6) is 0 Å². The Bertz CT molecular complexity index is 1230. The van der Waals surface area contributed by atoms with E-state index in [1.54, 1.807) is 22.8 Å². The molecular weight excluding hydrogens is 404 g/mol. The zero-order chi connectivity index (χ0) is 22.7. The maximum Gasteiger partial charge on any atom is 0.258 e. The SMILES string of the molecule is NCCCC[C@H](N)C(=O)NCCCn1c2c(c3ccccc3c1=O)C(=O)c1ccccc1-2. The van der Waals surface area contributed by atoms with Crippen molar-refractivity contribution < 1.29 is 9.59 Å². The lowest BCUT2D eigenvalue weighted by Gasteiger charge is -2.16. The number of aromatic nitrogens is 1. The molecule has 32 heavy (non-hydrogen) atoms. The van der Waals surface area contributed by atoms with Gasteiger partial charge >= 0.3 is 0 Å². The number of nitrogens with zero attached hydrogens (tertiary/aromatic N) is 1. The summed E-state index contributed by atoms with van der Waals surface area (Å²) in [6.45, 7) is 1.37. The first-order valence-corrected chi connectivity index (χ1v) is 11.1. The number of rotatable bonds is 9. The number of pyridine rings is 1. The van der Waals surface area contributed by atoms with E-state index in [1.165, 1.54) is 0 Å². The molecule has 0 radical (unpaired) electrons. The van der Waals surface area contributed by atoms with Gasteiger partial charge in [-0.05, 0) is 31.9 Å². The highest BCUT2D eigenvalue weighted by atomic mass is 16.2. The molecule has 0 spiro atoms. The molecule has 1 aliphatic rings. The predicted octanol–water partition coefficient (Wildman–Crippen LogP) is 2.18. The summed E-state index contributed by atoms with van der Waals surface area (Å²) in [4.78, 5) is 38.7. The summed E-state index contributed by atoms with van der Waals surface area (Å²) in [7, 11) is 0. The Morgan fingerprint density at radius 2 is 1.62 bits per heavy atom. The first-order chi connectivity index (χ1) is 15.5. The number of fused-ring (bicyclic) bond motifs is 5. The first-order valence-electron chi connectivity index (χ1n) is 11.1. The fourth-order valence-electron chi connectivity index (χ4n) is 4.36. The van der Waals surface area contributed by atoms with Gasteiger partial charge < -0.3 is 21.4 Å². The van der Waals surface area contributed by atoms with E-state index >= 15 is 0 Å². The van der Waals surface area contributed by atoms with Gasteiger partial charge in [0.2, 0.25) is 5.91 Å². The van der Waals surface area contributed by atoms with E-state index in [0.717, 1.165) is 18.4 Å². The average molecular weight is 433 g/mol. The molecule has 5 N–H and O–H groups in total. The molecule has 0 unspecified atom stereocenters. The quantitative estimate of drug-likeness (QED) is 0.350. The zero-order valence-corrected chi connectivity index (χ0v) is 18.0. The molecule has 1 aliphatic carbocycles. The largest absolute Gasteiger partial charge is 0.355 e. The summed E-state index contributed by atoms with van der Waals surface area (Å²) in [6, 6.07) is 14.1. The number of nitrogens with one attached hydrogen (secondary N) is 1. The molecule has 7 nitrogen and oxygen atoms in total. The van der Waals surface area contributed by atoms with Crippen LogP contribution in [0, 0.1) is 0 Å². The Balaban J connectivity index is 1.57. The van der Waals surface area contributed by atoms with Crippen molar-refractivity contribution in [1.82, 2.24) is 9.88 Å². The van der Waals surface area contributed by atoms with Crippen molar-refractivity contribution >= 4 is 22.5 Å². The monoisotopic (exact) mass is 432 g/mol. The van der Waals surface area contributed by atoms with Crippen LogP contribution in [0.1, 0.15) is 41.6 Å². The van der Waals surface area contributed by atoms with E-state index in [2.05, 4.69) is 5.32 Å². The highest BCUT2D eigenvalue weighted by molar-refractivity contribution is 6.26. The summed E-state index contributed by atoms with van der Waals surface area (Å²) in [6.07, 6.45) is 2.80. The summed E-state index contributed by atoms with van der Waals surface area (Å²) < 4.78 is 1.68. The maximum atomic E-state index is 13.3. The normalized spacial score (nSPS) is 13.1. The molecule has 1 aromatic heterocycles. The van der Waals surface area contributed by atoms with Crippen molar-refractivity contribution in [1.29, 1.82) is 0 Å². The van der Waals surface area contributed by atoms with E-state index in [9.17, 15) is 14.4 Å². The summed E-state index contributed by atoms with van der Waals surface area (Å²) in [5.74, 6) is -0.254. The number of ketones is 1. The molecule has 1 atom stereocenters. The second kappa shape index (κ2) is 9.46. The highest BCUT2D eigenvalue weighted by Crippen LogP contribution is 2.39. The Hall–Kier alpha value is -3.29. The number of hydrogen-bond donors (Lipinski definition) is 3. The number of nitrogens with two attached hydrogens (primary N) is 2. The summed E-state index contributed by atoms with van der Waals surface area (Å²) in [5.41, 5.74) is 13.9. The van der Waals surface area contributed by atoms with Gasteiger partial charge in [-0.2, -0.15) is 0 Å². The number of carbonyl (C=O) groups is 2. The number of carbonyl (C=O) groups excluding carboxylic acids is 2. The van der Waals surface area contributed by atoms with E-state index in [0.29, 0.717) is 60.1 Å². The zero-order valence-electron chi connectivity index (χ0n) is 18.0. The molecule has 166 valence electrons. The van der Waals surface area contributed by atoms with Gasteiger partial charge in [-0.1, -0.05) is 48.9 Å². The molecule has 0 saturated carbocycles. The Kier molecular flexibility index (Phi) is 6.48. The van der Waals surface area contributed by atoms with Crippen LogP contribution in [0.3, 0.4) is 0 Å². The van der Waals surface area contributed by atoms with Crippen molar-refractivity contribution in [3.8, 4) is 11.3 Å². The molecule has 4 rings (SSSR count). The number of benzene rings is 2. The molecule has 0 bridgehead atoms. The van der Waals surface area contributed by atoms with Crippen LogP contribution in [0.25, 0.3) is 22.0 Å². The minimum atomic E-state index is -0.557. The van der Waals surface area contributed by atoms with Gasteiger partial charge in [0.15, 0.2) is 5.78 Å². The highest BCUT2D eigenvalue weighted by Gasteiger charge is 2.32. The molecule has 3 aromatic rings. The fraction of sp³-hybridized carbons (Fsp3) is 0.320. The van der Waals surface area contributed by atoms with E-state index < -0.39 is 6.04 Å². The third-order valence-corrected chi connectivity index (χ3v) is 6.00. The van der Waals surface area contributed by atoms with Gasteiger partial charge in [-0.25, -0.2) is 0 Å². The summed E-state index contributed by atoms with van der Waals surface area (Å²) in [5, 5.41) is 4.06. The molecule has 0 aliphatic heterocycles.